The Morgan fingerprint density at radius 1 is 1.03 bits per heavy atom. The van der Waals surface area contributed by atoms with E-state index in [4.69, 9.17) is 7.85 Å². The number of nitrogens with one attached hydrogen (secondary N) is 3. The molecule has 2 aliphatic carbocycles. The monoisotopic (exact) mass is 473 g/mol. The summed E-state index contributed by atoms with van der Waals surface area (Å²) >= 11 is 0. The molecule has 2 amide bonds. The number of carbonyl (C=O) groups excluding carboxylic acids is 2. The van der Waals surface area contributed by atoms with E-state index >= 15 is 0 Å². The zero-order chi connectivity index (χ0) is 24.4. The summed E-state index contributed by atoms with van der Waals surface area (Å²) in [5.41, 5.74) is 1.88. The largest absolute Gasteiger partial charge is 0.367 e. The van der Waals surface area contributed by atoms with E-state index in [2.05, 4.69) is 37.9 Å². The van der Waals surface area contributed by atoms with E-state index in [0.717, 1.165) is 64.0 Å². The summed E-state index contributed by atoms with van der Waals surface area (Å²) in [6.45, 7) is 3.27. The molecule has 1 aromatic heterocycles. The minimum absolute atomic E-state index is 0.00123. The summed E-state index contributed by atoms with van der Waals surface area (Å²) in [4.78, 5) is 38.4. The van der Waals surface area contributed by atoms with Gasteiger partial charge < -0.3 is 25.8 Å². The van der Waals surface area contributed by atoms with Crippen molar-refractivity contribution in [2.24, 2.45) is 5.92 Å². The molecule has 1 saturated heterocycles. The Bertz CT molecular complexity index is 1070. The number of piperazine rings is 1. The van der Waals surface area contributed by atoms with Gasteiger partial charge in [-0.1, -0.05) is 6.42 Å². The van der Waals surface area contributed by atoms with Crippen LogP contribution in [-0.4, -0.2) is 84.7 Å². The standard InChI is InChI=1S/C25H32BN7O2/c1-32-11-13-33(14-12-32)24(35)16-5-7-18(8-6-16)29-25-27-15-20(26)22(31-25)30-21-4-2-3-19(21)23(34)28-17-9-10-17/h5-8,15,17,19,21H,2-4,9-14H2,1H3,(H,28,34)(H2,27,29,30,31)/t19-,21+/m0/s1. The number of rotatable bonds is 7. The lowest BCUT2D eigenvalue weighted by atomic mass is 9.97. The SMILES string of the molecule is [B]c1cnc(Nc2ccc(C(=O)N3CCN(C)CC3)cc2)nc1N[C@@H]1CCC[C@@H]1C(=O)NC1CC1. The second-order valence-electron chi connectivity index (χ2n) is 9.87. The summed E-state index contributed by atoms with van der Waals surface area (Å²) in [6.07, 6.45) is 6.49. The number of nitrogens with zero attached hydrogens (tertiary/aromatic N) is 4. The van der Waals surface area contributed by atoms with Crippen molar-refractivity contribution < 1.29 is 9.59 Å². The first-order valence-electron chi connectivity index (χ1n) is 12.5. The molecular weight excluding hydrogens is 441 g/mol. The number of anilines is 3. The van der Waals surface area contributed by atoms with Crippen LogP contribution in [0.4, 0.5) is 17.5 Å². The van der Waals surface area contributed by atoms with Crippen molar-refractivity contribution in [3.05, 3.63) is 36.0 Å². The average Bonchev–Trinajstić information content (AvgIpc) is 3.55. The normalized spacial score (nSPS) is 22.6. The van der Waals surface area contributed by atoms with E-state index in [-0.39, 0.29) is 23.8 Å². The molecule has 3 aliphatic rings. The van der Waals surface area contributed by atoms with Gasteiger partial charge in [0.2, 0.25) is 11.9 Å². The van der Waals surface area contributed by atoms with Gasteiger partial charge >= 0.3 is 0 Å². The third kappa shape index (κ3) is 5.75. The number of hydrogen-bond donors (Lipinski definition) is 3. The molecule has 9 nitrogen and oxygen atoms in total. The molecule has 3 fully saturated rings. The van der Waals surface area contributed by atoms with Gasteiger partial charge in [-0.25, -0.2) is 4.98 Å². The molecule has 0 bridgehead atoms. The van der Waals surface area contributed by atoms with Gasteiger partial charge in [0.15, 0.2) is 0 Å². The van der Waals surface area contributed by atoms with Gasteiger partial charge in [0.05, 0.1) is 5.92 Å². The van der Waals surface area contributed by atoms with Crippen LogP contribution in [0.15, 0.2) is 30.5 Å². The highest BCUT2D eigenvalue weighted by Gasteiger charge is 2.36. The Balaban J connectivity index is 1.21. The molecule has 10 heteroatoms. The molecule has 2 radical (unpaired) electrons. The first kappa shape index (κ1) is 23.6. The second kappa shape index (κ2) is 10.2. The fraction of sp³-hybridized carbons (Fsp3) is 0.520. The molecule has 2 heterocycles. The highest BCUT2D eigenvalue weighted by molar-refractivity contribution is 6.35. The smallest absolute Gasteiger partial charge is 0.253 e. The molecule has 2 saturated carbocycles. The molecule has 1 aromatic carbocycles. The molecule has 2 aromatic rings. The van der Waals surface area contributed by atoms with E-state index in [0.29, 0.717) is 28.8 Å². The van der Waals surface area contributed by atoms with Crippen LogP contribution in [0.1, 0.15) is 42.5 Å². The summed E-state index contributed by atoms with van der Waals surface area (Å²) in [5.74, 6) is 1.03. The predicted molar refractivity (Wildman–Crippen MR) is 136 cm³/mol. The summed E-state index contributed by atoms with van der Waals surface area (Å²) < 4.78 is 0. The molecule has 0 spiro atoms. The van der Waals surface area contributed by atoms with E-state index in [1.807, 2.05) is 29.2 Å². The van der Waals surface area contributed by atoms with E-state index < -0.39 is 0 Å². The number of hydrogen-bond acceptors (Lipinski definition) is 7. The maximum absolute atomic E-state index is 12.8. The van der Waals surface area contributed by atoms with Gasteiger partial charge in [0, 0.05) is 55.7 Å². The number of aromatic nitrogens is 2. The van der Waals surface area contributed by atoms with Crippen LogP contribution in [0, 0.1) is 5.92 Å². The summed E-state index contributed by atoms with van der Waals surface area (Å²) in [5, 5.41) is 9.70. The number of carbonyl (C=O) groups is 2. The van der Waals surface area contributed by atoms with Gasteiger partial charge in [0.25, 0.3) is 5.91 Å². The molecular formula is C25H32BN7O2. The van der Waals surface area contributed by atoms with E-state index in [1.54, 1.807) is 6.20 Å². The highest BCUT2D eigenvalue weighted by atomic mass is 16.2. The highest BCUT2D eigenvalue weighted by Crippen LogP contribution is 2.30. The fourth-order valence-corrected chi connectivity index (χ4v) is 4.74. The molecule has 5 rings (SSSR count). The minimum atomic E-state index is -0.0771. The lowest BCUT2D eigenvalue weighted by molar-refractivity contribution is -0.125. The molecule has 0 unspecified atom stereocenters. The van der Waals surface area contributed by atoms with Crippen LogP contribution in [0.3, 0.4) is 0 Å². The van der Waals surface area contributed by atoms with E-state index in [1.165, 1.54) is 0 Å². The maximum Gasteiger partial charge on any atom is 0.253 e. The van der Waals surface area contributed by atoms with Crippen LogP contribution in [0.25, 0.3) is 0 Å². The molecule has 35 heavy (non-hydrogen) atoms. The number of benzene rings is 1. The van der Waals surface area contributed by atoms with Crippen molar-refractivity contribution in [1.82, 2.24) is 25.1 Å². The fourth-order valence-electron chi connectivity index (χ4n) is 4.74. The third-order valence-electron chi connectivity index (χ3n) is 7.09. The summed E-state index contributed by atoms with van der Waals surface area (Å²) in [7, 11) is 8.21. The van der Waals surface area contributed by atoms with Crippen LogP contribution < -0.4 is 21.4 Å². The van der Waals surface area contributed by atoms with Crippen LogP contribution in [0.2, 0.25) is 0 Å². The Morgan fingerprint density at radius 2 is 1.77 bits per heavy atom. The van der Waals surface area contributed by atoms with Crippen LogP contribution >= 0.6 is 0 Å². The van der Waals surface area contributed by atoms with Crippen molar-refractivity contribution >= 4 is 42.6 Å². The Morgan fingerprint density at radius 3 is 2.49 bits per heavy atom. The van der Waals surface area contributed by atoms with Gasteiger partial charge in [0.1, 0.15) is 13.7 Å². The summed E-state index contributed by atoms with van der Waals surface area (Å²) in [6, 6.07) is 7.70. The number of likely N-dealkylation sites (N-methyl/N-ethyl adjacent to an activating group) is 1. The van der Waals surface area contributed by atoms with Crippen LogP contribution in [0.5, 0.6) is 0 Å². The predicted octanol–water partition coefficient (Wildman–Crippen LogP) is 1.26. The third-order valence-corrected chi connectivity index (χ3v) is 7.09. The van der Waals surface area contributed by atoms with Gasteiger partial charge in [-0.15, -0.1) is 0 Å². The Kier molecular flexibility index (Phi) is 6.90. The Labute approximate surface area is 207 Å². The van der Waals surface area contributed by atoms with Crippen molar-refractivity contribution in [2.75, 3.05) is 43.9 Å². The minimum Gasteiger partial charge on any atom is -0.367 e. The zero-order valence-electron chi connectivity index (χ0n) is 20.2. The first-order chi connectivity index (χ1) is 17.0. The lowest BCUT2D eigenvalue weighted by Gasteiger charge is -2.32. The number of amides is 2. The molecule has 1 aliphatic heterocycles. The molecule has 182 valence electrons. The average molecular weight is 473 g/mol. The molecule has 3 N–H and O–H groups in total. The van der Waals surface area contributed by atoms with E-state index in [9.17, 15) is 9.59 Å². The van der Waals surface area contributed by atoms with Crippen molar-refractivity contribution in [3.63, 3.8) is 0 Å². The second-order valence-corrected chi connectivity index (χ2v) is 9.87. The quantitative estimate of drug-likeness (QED) is 0.521. The lowest BCUT2D eigenvalue weighted by Crippen LogP contribution is -2.47. The topological polar surface area (TPSA) is 102 Å². The van der Waals surface area contributed by atoms with Crippen LogP contribution in [-0.2, 0) is 4.79 Å². The zero-order valence-corrected chi connectivity index (χ0v) is 20.2. The van der Waals surface area contributed by atoms with Gasteiger partial charge in [-0.2, -0.15) is 4.98 Å². The first-order valence-corrected chi connectivity index (χ1v) is 12.5. The van der Waals surface area contributed by atoms with Crippen molar-refractivity contribution in [1.29, 1.82) is 0 Å². The van der Waals surface area contributed by atoms with Crippen molar-refractivity contribution in [2.45, 2.75) is 44.2 Å². The Hall–Kier alpha value is -3.14. The van der Waals surface area contributed by atoms with Gasteiger partial charge in [-0.3, -0.25) is 9.59 Å². The van der Waals surface area contributed by atoms with Crippen molar-refractivity contribution in [3.8, 4) is 0 Å². The molecule has 2 atom stereocenters. The maximum atomic E-state index is 12.8. The van der Waals surface area contributed by atoms with Gasteiger partial charge in [-0.05, 0) is 62.5 Å².